The molecule has 5 nitrogen and oxygen atoms in total. The fourth-order valence-corrected chi connectivity index (χ4v) is 4.81. The normalized spacial score (nSPS) is 16.8. The molecular formula is C25H28N2O3S2. The summed E-state index contributed by atoms with van der Waals surface area (Å²) in [4.78, 5) is 30.7. The van der Waals surface area contributed by atoms with Gasteiger partial charge in [0.15, 0.2) is 0 Å². The monoisotopic (exact) mass is 468 g/mol. The zero-order chi connectivity index (χ0) is 23.6. The van der Waals surface area contributed by atoms with Crippen molar-refractivity contribution in [2.24, 2.45) is 5.92 Å². The first-order valence-electron chi connectivity index (χ1n) is 10.5. The van der Waals surface area contributed by atoms with Gasteiger partial charge < -0.3 is 5.11 Å². The molecule has 1 aromatic heterocycles. The van der Waals surface area contributed by atoms with Crippen LogP contribution in [0.3, 0.4) is 0 Å². The first-order chi connectivity index (χ1) is 15.0. The van der Waals surface area contributed by atoms with Crippen molar-refractivity contribution in [2.75, 3.05) is 0 Å². The second-order valence-corrected chi connectivity index (χ2v) is 11.0. The third-order valence-corrected chi connectivity index (χ3v) is 6.59. The minimum atomic E-state index is -1.05. The van der Waals surface area contributed by atoms with Crippen molar-refractivity contribution in [1.29, 1.82) is 0 Å². The Bertz CT molecular complexity index is 1050. The van der Waals surface area contributed by atoms with Gasteiger partial charge >= 0.3 is 5.97 Å². The standard InChI is InChI=1S/C25H28N2O3S2/c1-15(2)12-20(23(29)30)27-22(28)21(32-24(27)31)13-19-11-8-17(14-26-19)16-6-9-18(10-7-16)25(3,4)5/h6-11,13-15,20H,12H2,1-5H3,(H,29,30). The predicted octanol–water partition coefficient (Wildman–Crippen LogP) is 5.75. The van der Waals surface area contributed by atoms with Crippen LogP contribution in [-0.4, -0.2) is 37.2 Å². The summed E-state index contributed by atoms with van der Waals surface area (Å²) in [6, 6.07) is 11.3. The van der Waals surface area contributed by atoms with Crippen LogP contribution >= 0.6 is 24.0 Å². The summed E-state index contributed by atoms with van der Waals surface area (Å²) in [5, 5.41) is 9.60. The van der Waals surface area contributed by atoms with E-state index in [9.17, 15) is 14.7 Å². The lowest BCUT2D eigenvalue weighted by Crippen LogP contribution is -2.44. The number of benzene rings is 1. The predicted molar refractivity (Wildman–Crippen MR) is 134 cm³/mol. The molecule has 2 heterocycles. The van der Waals surface area contributed by atoms with E-state index in [-0.39, 0.29) is 21.6 Å². The third kappa shape index (κ3) is 5.45. The zero-order valence-electron chi connectivity index (χ0n) is 19.0. The van der Waals surface area contributed by atoms with E-state index < -0.39 is 12.0 Å². The van der Waals surface area contributed by atoms with Gasteiger partial charge in [0, 0.05) is 11.8 Å². The number of thiocarbonyl (C=S) groups is 1. The molecule has 1 unspecified atom stereocenters. The minimum Gasteiger partial charge on any atom is -0.480 e. The van der Waals surface area contributed by atoms with Gasteiger partial charge in [-0.05, 0) is 41.0 Å². The van der Waals surface area contributed by atoms with Crippen LogP contribution in [0.25, 0.3) is 17.2 Å². The molecule has 1 aliphatic rings. The molecule has 1 N–H and O–H groups in total. The number of hydrogen-bond donors (Lipinski definition) is 1. The van der Waals surface area contributed by atoms with Crippen LogP contribution in [0.5, 0.6) is 0 Å². The molecule has 3 rings (SSSR count). The van der Waals surface area contributed by atoms with Gasteiger partial charge in [-0.2, -0.15) is 0 Å². The number of hydrogen-bond acceptors (Lipinski definition) is 5. The number of aliphatic carboxylic acids is 1. The highest BCUT2D eigenvalue weighted by Gasteiger charge is 2.40. The molecule has 1 fully saturated rings. The summed E-state index contributed by atoms with van der Waals surface area (Å²) in [6.45, 7) is 10.4. The van der Waals surface area contributed by atoms with E-state index in [1.807, 2.05) is 26.0 Å². The molecule has 1 aliphatic heterocycles. The molecular weight excluding hydrogens is 440 g/mol. The molecule has 1 atom stereocenters. The lowest BCUT2D eigenvalue weighted by atomic mass is 9.86. The van der Waals surface area contributed by atoms with E-state index in [0.29, 0.717) is 17.0 Å². The third-order valence-electron chi connectivity index (χ3n) is 5.26. The Morgan fingerprint density at radius 3 is 2.28 bits per heavy atom. The number of rotatable bonds is 6. The van der Waals surface area contributed by atoms with Crippen molar-refractivity contribution in [3.8, 4) is 11.1 Å². The highest BCUT2D eigenvalue weighted by Crippen LogP contribution is 2.35. The number of thioether (sulfide) groups is 1. The van der Waals surface area contributed by atoms with Crippen LogP contribution in [0, 0.1) is 5.92 Å². The summed E-state index contributed by atoms with van der Waals surface area (Å²) >= 11 is 6.44. The van der Waals surface area contributed by atoms with Crippen LogP contribution in [0.1, 0.15) is 52.3 Å². The molecule has 0 aliphatic carbocycles. The molecule has 168 valence electrons. The van der Waals surface area contributed by atoms with Crippen molar-refractivity contribution in [1.82, 2.24) is 9.88 Å². The maximum atomic E-state index is 12.9. The van der Waals surface area contributed by atoms with Crippen molar-refractivity contribution in [2.45, 2.75) is 52.5 Å². The van der Waals surface area contributed by atoms with E-state index in [4.69, 9.17) is 12.2 Å². The Morgan fingerprint density at radius 1 is 1.16 bits per heavy atom. The van der Waals surface area contributed by atoms with E-state index in [1.54, 1.807) is 12.3 Å². The SMILES string of the molecule is CC(C)CC(C(=O)O)N1C(=O)C(=Cc2ccc(-c3ccc(C(C)(C)C)cc3)cn2)SC1=S. The van der Waals surface area contributed by atoms with E-state index >= 15 is 0 Å². The van der Waals surface area contributed by atoms with Gasteiger partial charge in [-0.1, -0.05) is 88.9 Å². The number of amides is 1. The summed E-state index contributed by atoms with van der Waals surface area (Å²) < 4.78 is 0.268. The van der Waals surface area contributed by atoms with Crippen LogP contribution < -0.4 is 0 Å². The van der Waals surface area contributed by atoms with Crippen molar-refractivity contribution in [3.63, 3.8) is 0 Å². The van der Waals surface area contributed by atoms with E-state index in [2.05, 4.69) is 50.0 Å². The molecule has 0 saturated carbocycles. The molecule has 0 spiro atoms. The summed E-state index contributed by atoms with van der Waals surface area (Å²) in [5.74, 6) is -1.30. The maximum absolute atomic E-state index is 12.9. The highest BCUT2D eigenvalue weighted by atomic mass is 32.2. The first kappa shape index (κ1) is 24.1. The molecule has 2 aromatic rings. The average molecular weight is 469 g/mol. The smallest absolute Gasteiger partial charge is 0.326 e. The van der Waals surface area contributed by atoms with Crippen LogP contribution in [0.2, 0.25) is 0 Å². The molecule has 1 amide bonds. The molecule has 0 bridgehead atoms. The zero-order valence-corrected chi connectivity index (χ0v) is 20.6. The molecule has 32 heavy (non-hydrogen) atoms. The fourth-order valence-electron chi connectivity index (χ4n) is 3.47. The molecule has 0 radical (unpaired) electrons. The highest BCUT2D eigenvalue weighted by molar-refractivity contribution is 8.26. The molecule has 1 aromatic carbocycles. The van der Waals surface area contributed by atoms with Crippen molar-refractivity contribution < 1.29 is 14.7 Å². The second kappa shape index (κ2) is 9.55. The second-order valence-electron chi connectivity index (χ2n) is 9.33. The number of pyridine rings is 1. The van der Waals surface area contributed by atoms with Gasteiger partial charge in [0.05, 0.1) is 10.6 Å². The molecule has 1 saturated heterocycles. The quantitative estimate of drug-likeness (QED) is 0.430. The van der Waals surface area contributed by atoms with E-state index in [0.717, 1.165) is 22.9 Å². The number of carbonyl (C=O) groups is 2. The van der Waals surface area contributed by atoms with Gasteiger partial charge in [0.25, 0.3) is 5.91 Å². The number of carboxylic acid groups (broad SMARTS) is 1. The lowest BCUT2D eigenvalue weighted by Gasteiger charge is -2.24. The summed E-state index contributed by atoms with van der Waals surface area (Å²) in [5.41, 5.74) is 4.04. The van der Waals surface area contributed by atoms with Crippen molar-refractivity contribution in [3.05, 3.63) is 58.8 Å². The van der Waals surface area contributed by atoms with Crippen LogP contribution in [-0.2, 0) is 15.0 Å². The molecule has 7 heteroatoms. The lowest BCUT2D eigenvalue weighted by molar-refractivity contribution is -0.145. The van der Waals surface area contributed by atoms with Gasteiger partial charge in [-0.3, -0.25) is 14.7 Å². The van der Waals surface area contributed by atoms with Gasteiger partial charge in [0.2, 0.25) is 0 Å². The first-order valence-corrected chi connectivity index (χ1v) is 11.8. The van der Waals surface area contributed by atoms with Gasteiger partial charge in [0.1, 0.15) is 10.4 Å². The Labute approximate surface area is 198 Å². The number of carboxylic acids is 1. The number of nitrogens with zero attached hydrogens (tertiary/aromatic N) is 2. The largest absolute Gasteiger partial charge is 0.480 e. The summed E-state index contributed by atoms with van der Waals surface area (Å²) in [6.07, 6.45) is 3.79. The Kier molecular flexibility index (Phi) is 7.20. The fraction of sp³-hybridized carbons (Fsp3) is 0.360. The Balaban J connectivity index is 1.80. The average Bonchev–Trinajstić information content (AvgIpc) is 2.99. The van der Waals surface area contributed by atoms with Gasteiger partial charge in [-0.25, -0.2) is 4.79 Å². The van der Waals surface area contributed by atoms with E-state index in [1.165, 1.54) is 10.5 Å². The van der Waals surface area contributed by atoms with Gasteiger partial charge in [-0.15, -0.1) is 0 Å². The number of aromatic nitrogens is 1. The van der Waals surface area contributed by atoms with Crippen LogP contribution in [0.4, 0.5) is 0 Å². The van der Waals surface area contributed by atoms with Crippen LogP contribution in [0.15, 0.2) is 47.5 Å². The Morgan fingerprint density at radius 2 is 1.78 bits per heavy atom. The minimum absolute atomic E-state index is 0.0988. The Hall–Kier alpha value is -2.51. The van der Waals surface area contributed by atoms with Crippen molar-refractivity contribution >= 4 is 46.3 Å². The maximum Gasteiger partial charge on any atom is 0.326 e. The number of carbonyl (C=O) groups excluding carboxylic acids is 1. The summed E-state index contributed by atoms with van der Waals surface area (Å²) in [7, 11) is 0. The topological polar surface area (TPSA) is 70.5 Å².